The Balaban J connectivity index is 2.35. The number of ether oxygens (including phenoxy) is 2. The summed E-state index contributed by atoms with van der Waals surface area (Å²) >= 11 is 0. The summed E-state index contributed by atoms with van der Waals surface area (Å²) in [5.74, 6) is -0.488. The van der Waals surface area contributed by atoms with Crippen molar-refractivity contribution in [3.63, 3.8) is 0 Å². The second-order valence-electron chi connectivity index (χ2n) is 5.89. The summed E-state index contributed by atoms with van der Waals surface area (Å²) in [6.45, 7) is 5.86. The van der Waals surface area contributed by atoms with Crippen LogP contribution in [0.15, 0.2) is 12.7 Å². The first-order valence-corrected chi connectivity index (χ1v) is 8.38. The van der Waals surface area contributed by atoms with Crippen LogP contribution in [0, 0.1) is 0 Å². The van der Waals surface area contributed by atoms with Crippen LogP contribution >= 0.6 is 0 Å². The van der Waals surface area contributed by atoms with Crippen LogP contribution < -0.4 is 5.32 Å². The molecule has 0 aromatic carbocycles. The first kappa shape index (κ1) is 18.5. The quantitative estimate of drug-likeness (QED) is 0.400. The lowest BCUT2D eigenvalue weighted by Gasteiger charge is -2.37. The summed E-state index contributed by atoms with van der Waals surface area (Å²) < 4.78 is 10.6. The van der Waals surface area contributed by atoms with Crippen LogP contribution in [-0.2, 0) is 14.3 Å². The molecular weight excluding hydrogens is 282 g/mol. The maximum absolute atomic E-state index is 12.0. The molecule has 22 heavy (non-hydrogen) atoms. The Hall–Kier alpha value is -1.52. The molecule has 0 atom stereocenters. The lowest BCUT2D eigenvalue weighted by molar-refractivity contribution is -0.137. The van der Waals surface area contributed by atoms with E-state index in [1.165, 1.54) is 12.8 Å². The number of hydrogen-bond donors (Lipinski definition) is 1. The highest BCUT2D eigenvalue weighted by atomic mass is 16.6. The molecule has 0 spiro atoms. The summed E-state index contributed by atoms with van der Waals surface area (Å²) in [5.41, 5.74) is -0.296. The van der Waals surface area contributed by atoms with E-state index in [0.717, 1.165) is 51.0 Å². The lowest BCUT2D eigenvalue weighted by Crippen LogP contribution is -2.41. The van der Waals surface area contributed by atoms with E-state index in [-0.39, 0.29) is 18.8 Å². The number of carbonyl (C=O) groups is 2. The molecule has 1 amide bonds. The monoisotopic (exact) mass is 311 g/mol. The first-order chi connectivity index (χ1) is 10.6. The van der Waals surface area contributed by atoms with Gasteiger partial charge in [0.1, 0.15) is 12.2 Å². The Labute approximate surface area is 133 Å². The Morgan fingerprint density at radius 1 is 1.23 bits per heavy atom. The first-order valence-electron chi connectivity index (χ1n) is 8.38. The van der Waals surface area contributed by atoms with Crippen molar-refractivity contribution in [3.05, 3.63) is 12.7 Å². The maximum atomic E-state index is 12.0. The maximum Gasteiger partial charge on any atom is 0.407 e. The van der Waals surface area contributed by atoms with Crippen LogP contribution in [0.5, 0.6) is 0 Å². The van der Waals surface area contributed by atoms with Gasteiger partial charge in [0, 0.05) is 6.08 Å². The zero-order valence-electron chi connectivity index (χ0n) is 13.7. The molecular formula is C17H29NO4. The molecule has 1 aliphatic carbocycles. The molecule has 126 valence electrons. The van der Waals surface area contributed by atoms with E-state index in [0.29, 0.717) is 0 Å². The van der Waals surface area contributed by atoms with E-state index < -0.39 is 12.1 Å². The van der Waals surface area contributed by atoms with Gasteiger partial charge in [-0.25, -0.2) is 9.59 Å². The molecule has 1 rings (SSSR count). The number of unbranched alkanes of at least 4 members (excludes halogenated alkanes) is 2. The van der Waals surface area contributed by atoms with Crippen molar-refractivity contribution in [1.82, 2.24) is 5.32 Å². The predicted molar refractivity (Wildman–Crippen MR) is 85.6 cm³/mol. The smallest absolute Gasteiger partial charge is 0.407 e. The number of hydrogen-bond acceptors (Lipinski definition) is 4. The van der Waals surface area contributed by atoms with Gasteiger partial charge in [-0.3, -0.25) is 0 Å². The minimum Gasteiger partial charge on any atom is -0.461 e. The van der Waals surface area contributed by atoms with Gasteiger partial charge in [-0.05, 0) is 38.5 Å². The van der Waals surface area contributed by atoms with E-state index >= 15 is 0 Å². The van der Waals surface area contributed by atoms with Gasteiger partial charge >= 0.3 is 12.1 Å². The van der Waals surface area contributed by atoms with Crippen LogP contribution in [0.1, 0.15) is 64.7 Å². The Kier molecular flexibility index (Phi) is 8.63. The Morgan fingerprint density at radius 3 is 2.59 bits per heavy atom. The van der Waals surface area contributed by atoms with Crippen LogP contribution in [0.2, 0.25) is 0 Å². The highest BCUT2D eigenvalue weighted by molar-refractivity contribution is 5.81. The summed E-state index contributed by atoms with van der Waals surface area (Å²) in [5, 5.41) is 2.65. The normalized spacial score (nSPS) is 16.6. The molecule has 0 heterocycles. The summed E-state index contributed by atoms with van der Waals surface area (Å²) in [6.07, 6.45) is 10.4. The Morgan fingerprint density at radius 2 is 1.95 bits per heavy atom. The lowest BCUT2D eigenvalue weighted by atomic mass is 9.81. The molecule has 1 saturated carbocycles. The van der Waals surface area contributed by atoms with Crippen molar-refractivity contribution in [3.8, 4) is 0 Å². The molecule has 0 aromatic rings. The third-order valence-electron chi connectivity index (χ3n) is 4.09. The highest BCUT2D eigenvalue weighted by Gasteiger charge is 2.35. The van der Waals surface area contributed by atoms with Crippen LogP contribution in [0.4, 0.5) is 4.79 Å². The molecule has 0 unspecified atom stereocenters. The van der Waals surface area contributed by atoms with Crippen molar-refractivity contribution < 1.29 is 19.1 Å². The van der Waals surface area contributed by atoms with Crippen LogP contribution in [0.25, 0.3) is 0 Å². The molecule has 0 aliphatic heterocycles. The molecule has 1 N–H and O–H groups in total. The molecule has 1 aliphatic rings. The van der Waals surface area contributed by atoms with E-state index in [2.05, 4.69) is 18.8 Å². The van der Waals surface area contributed by atoms with E-state index in [1.807, 2.05) is 0 Å². The van der Waals surface area contributed by atoms with Crippen molar-refractivity contribution in [2.75, 3.05) is 13.2 Å². The largest absolute Gasteiger partial charge is 0.461 e. The van der Waals surface area contributed by atoms with Crippen LogP contribution in [-0.4, -0.2) is 30.8 Å². The average Bonchev–Trinajstić information content (AvgIpc) is 2.52. The van der Waals surface area contributed by atoms with Crippen molar-refractivity contribution in [2.45, 2.75) is 70.3 Å². The van der Waals surface area contributed by atoms with E-state index in [1.54, 1.807) is 0 Å². The fraction of sp³-hybridized carbons (Fsp3) is 0.765. The van der Waals surface area contributed by atoms with Gasteiger partial charge in [-0.1, -0.05) is 32.8 Å². The van der Waals surface area contributed by atoms with Gasteiger partial charge in [0.05, 0.1) is 6.54 Å². The van der Waals surface area contributed by atoms with Gasteiger partial charge in [0.25, 0.3) is 0 Å². The van der Waals surface area contributed by atoms with Crippen LogP contribution in [0.3, 0.4) is 0 Å². The minimum absolute atomic E-state index is 0.128. The zero-order chi connectivity index (χ0) is 16.3. The number of alkyl carbamates (subject to hydrolysis) is 1. The van der Waals surface area contributed by atoms with Gasteiger partial charge in [-0.15, -0.1) is 0 Å². The Bertz CT molecular complexity index is 362. The van der Waals surface area contributed by atoms with E-state index in [9.17, 15) is 9.59 Å². The molecule has 1 fully saturated rings. The van der Waals surface area contributed by atoms with Gasteiger partial charge in [0.2, 0.25) is 0 Å². The molecule has 5 heteroatoms. The second kappa shape index (κ2) is 10.2. The summed E-state index contributed by atoms with van der Waals surface area (Å²) in [7, 11) is 0. The van der Waals surface area contributed by atoms with Crippen molar-refractivity contribution >= 4 is 12.1 Å². The van der Waals surface area contributed by atoms with Crippen molar-refractivity contribution in [1.29, 1.82) is 0 Å². The zero-order valence-corrected chi connectivity index (χ0v) is 13.7. The third-order valence-corrected chi connectivity index (χ3v) is 4.09. The number of nitrogens with one attached hydrogen (secondary N) is 1. The average molecular weight is 311 g/mol. The molecule has 0 bridgehead atoms. The highest BCUT2D eigenvalue weighted by Crippen LogP contribution is 2.36. The second-order valence-corrected chi connectivity index (χ2v) is 5.89. The van der Waals surface area contributed by atoms with Gasteiger partial charge in [0.15, 0.2) is 0 Å². The number of amides is 1. The third kappa shape index (κ3) is 6.96. The number of rotatable bonds is 9. The fourth-order valence-electron chi connectivity index (χ4n) is 2.89. The SMILES string of the molecule is C=CC(=O)OCCNC(=O)OC1(CCCCC)CCCCC1. The topological polar surface area (TPSA) is 64.6 Å². The predicted octanol–water partition coefficient (Wildman–Crippen LogP) is 3.73. The fourth-order valence-corrected chi connectivity index (χ4v) is 2.89. The number of esters is 1. The molecule has 5 nitrogen and oxygen atoms in total. The molecule has 0 saturated heterocycles. The van der Waals surface area contributed by atoms with Crippen molar-refractivity contribution in [2.24, 2.45) is 0 Å². The van der Waals surface area contributed by atoms with E-state index in [4.69, 9.17) is 9.47 Å². The van der Waals surface area contributed by atoms with Gasteiger partial charge < -0.3 is 14.8 Å². The summed E-state index contributed by atoms with van der Waals surface area (Å²) in [6, 6.07) is 0. The minimum atomic E-state index is -0.488. The summed E-state index contributed by atoms with van der Waals surface area (Å²) in [4.78, 5) is 22.9. The van der Waals surface area contributed by atoms with Gasteiger partial charge in [-0.2, -0.15) is 0 Å². The number of carbonyl (C=O) groups excluding carboxylic acids is 2. The standard InChI is InChI=1S/C17H29NO4/c1-3-5-7-10-17(11-8-6-9-12-17)22-16(20)18-13-14-21-15(19)4-2/h4H,2-3,5-14H2,1H3,(H,18,20). The molecule has 0 aromatic heterocycles. The molecule has 0 radical (unpaired) electrons.